The van der Waals surface area contributed by atoms with Gasteiger partial charge in [-0.3, -0.25) is 4.79 Å². The summed E-state index contributed by atoms with van der Waals surface area (Å²) < 4.78 is 24.5. The van der Waals surface area contributed by atoms with Crippen molar-refractivity contribution in [1.82, 2.24) is 0 Å². The minimum atomic E-state index is -0.474. The SMILES string of the molecule is COc1cc(/C=C/C(=O)Nc2ccccc2F)ccc1OCC(C)C. The number of nitrogens with one attached hydrogen (secondary N) is 1. The molecule has 0 spiro atoms. The number of para-hydroxylation sites is 1. The van der Waals surface area contributed by atoms with Crippen molar-refractivity contribution >= 4 is 17.7 Å². The van der Waals surface area contributed by atoms with Crippen molar-refractivity contribution in [2.75, 3.05) is 19.0 Å². The van der Waals surface area contributed by atoms with Gasteiger partial charge in [-0.1, -0.05) is 32.0 Å². The zero-order valence-corrected chi connectivity index (χ0v) is 14.6. The van der Waals surface area contributed by atoms with Crippen LogP contribution in [0.15, 0.2) is 48.5 Å². The Balaban J connectivity index is 2.05. The Morgan fingerprint density at radius 3 is 2.64 bits per heavy atom. The standard InChI is InChI=1S/C20H22FNO3/c1-14(2)13-25-18-10-8-15(12-19(18)24-3)9-11-20(23)22-17-7-5-4-6-16(17)21/h4-12,14H,13H2,1-3H3,(H,22,23)/b11-9+. The topological polar surface area (TPSA) is 47.6 Å². The molecule has 0 aromatic heterocycles. The molecular formula is C20H22FNO3. The van der Waals surface area contributed by atoms with Gasteiger partial charge in [0.15, 0.2) is 11.5 Å². The van der Waals surface area contributed by atoms with Crippen LogP contribution >= 0.6 is 0 Å². The molecule has 2 aromatic carbocycles. The van der Waals surface area contributed by atoms with Gasteiger partial charge in [0.25, 0.3) is 0 Å². The Kier molecular flexibility index (Phi) is 6.57. The lowest BCUT2D eigenvalue weighted by atomic mass is 10.2. The fraction of sp³-hybridized carbons (Fsp3) is 0.250. The number of anilines is 1. The lowest BCUT2D eigenvalue weighted by Gasteiger charge is -2.12. The molecule has 0 radical (unpaired) electrons. The van der Waals surface area contributed by atoms with E-state index in [1.165, 1.54) is 18.2 Å². The second-order valence-corrected chi connectivity index (χ2v) is 5.92. The molecule has 1 N–H and O–H groups in total. The van der Waals surface area contributed by atoms with Crippen molar-refractivity contribution in [1.29, 1.82) is 0 Å². The highest BCUT2D eigenvalue weighted by atomic mass is 19.1. The number of benzene rings is 2. The van der Waals surface area contributed by atoms with E-state index in [0.717, 1.165) is 5.56 Å². The number of halogens is 1. The fourth-order valence-corrected chi connectivity index (χ4v) is 2.07. The highest BCUT2D eigenvalue weighted by molar-refractivity contribution is 6.02. The number of rotatable bonds is 7. The molecule has 0 fully saturated rings. The van der Waals surface area contributed by atoms with Gasteiger partial charge in [-0.15, -0.1) is 0 Å². The maximum absolute atomic E-state index is 13.5. The van der Waals surface area contributed by atoms with Crippen LogP contribution in [0.5, 0.6) is 11.5 Å². The van der Waals surface area contributed by atoms with Crippen LogP contribution in [0.3, 0.4) is 0 Å². The van der Waals surface area contributed by atoms with Crippen molar-refractivity contribution in [2.45, 2.75) is 13.8 Å². The smallest absolute Gasteiger partial charge is 0.248 e. The molecule has 0 heterocycles. The zero-order chi connectivity index (χ0) is 18.2. The number of hydrogen-bond acceptors (Lipinski definition) is 3. The van der Waals surface area contributed by atoms with Crippen LogP contribution in [-0.2, 0) is 4.79 Å². The Morgan fingerprint density at radius 2 is 1.96 bits per heavy atom. The van der Waals surface area contributed by atoms with Crippen LogP contribution in [0, 0.1) is 11.7 Å². The van der Waals surface area contributed by atoms with Crippen LogP contribution in [0.2, 0.25) is 0 Å². The van der Waals surface area contributed by atoms with Crippen molar-refractivity contribution in [3.8, 4) is 11.5 Å². The lowest BCUT2D eigenvalue weighted by molar-refractivity contribution is -0.111. The van der Waals surface area contributed by atoms with Gasteiger partial charge < -0.3 is 14.8 Å². The van der Waals surface area contributed by atoms with Gasteiger partial charge in [-0.2, -0.15) is 0 Å². The van der Waals surface area contributed by atoms with Gasteiger partial charge >= 0.3 is 0 Å². The summed E-state index contributed by atoms with van der Waals surface area (Å²) in [6, 6.07) is 11.4. The van der Waals surface area contributed by atoms with Gasteiger partial charge in [0.1, 0.15) is 5.82 Å². The predicted molar refractivity (Wildman–Crippen MR) is 97.4 cm³/mol. The Bertz CT molecular complexity index is 756. The molecule has 0 bridgehead atoms. The molecule has 2 rings (SSSR count). The van der Waals surface area contributed by atoms with Crippen molar-refractivity contribution in [2.24, 2.45) is 5.92 Å². The van der Waals surface area contributed by atoms with Crippen molar-refractivity contribution < 1.29 is 18.7 Å². The Hall–Kier alpha value is -2.82. The maximum Gasteiger partial charge on any atom is 0.248 e. The van der Waals surface area contributed by atoms with Crippen LogP contribution in [-0.4, -0.2) is 19.6 Å². The fourth-order valence-electron chi connectivity index (χ4n) is 2.07. The predicted octanol–water partition coefficient (Wildman–Crippen LogP) is 4.52. The molecule has 4 nitrogen and oxygen atoms in total. The minimum Gasteiger partial charge on any atom is -0.493 e. The third-order valence-electron chi connectivity index (χ3n) is 3.32. The van der Waals surface area contributed by atoms with E-state index < -0.39 is 11.7 Å². The molecule has 5 heteroatoms. The number of methoxy groups -OCH3 is 1. The number of carbonyl (C=O) groups is 1. The third kappa shape index (κ3) is 5.64. The summed E-state index contributed by atoms with van der Waals surface area (Å²) >= 11 is 0. The monoisotopic (exact) mass is 343 g/mol. The number of hydrogen-bond donors (Lipinski definition) is 1. The summed E-state index contributed by atoms with van der Waals surface area (Å²) in [5, 5.41) is 2.50. The molecule has 0 atom stereocenters. The van der Waals surface area contributed by atoms with Crippen LogP contribution in [0.1, 0.15) is 19.4 Å². The third-order valence-corrected chi connectivity index (χ3v) is 3.32. The van der Waals surface area contributed by atoms with Gasteiger partial charge in [-0.05, 0) is 41.8 Å². The van der Waals surface area contributed by atoms with Crippen molar-refractivity contribution in [3.63, 3.8) is 0 Å². The summed E-state index contributed by atoms with van der Waals surface area (Å²) in [5.74, 6) is 0.773. The summed E-state index contributed by atoms with van der Waals surface area (Å²) in [7, 11) is 1.57. The van der Waals surface area contributed by atoms with E-state index in [4.69, 9.17) is 9.47 Å². The first kappa shape index (κ1) is 18.5. The van der Waals surface area contributed by atoms with Gasteiger partial charge in [-0.25, -0.2) is 4.39 Å². The highest BCUT2D eigenvalue weighted by Gasteiger charge is 2.07. The van der Waals surface area contributed by atoms with E-state index in [1.807, 2.05) is 6.07 Å². The van der Waals surface area contributed by atoms with Crippen LogP contribution in [0.25, 0.3) is 6.08 Å². The summed E-state index contributed by atoms with van der Waals surface area (Å²) in [6.45, 7) is 4.73. The largest absolute Gasteiger partial charge is 0.493 e. The molecule has 0 aliphatic carbocycles. The molecule has 132 valence electrons. The second kappa shape index (κ2) is 8.87. The summed E-state index contributed by atoms with van der Waals surface area (Å²) in [6.07, 6.45) is 2.97. The van der Waals surface area contributed by atoms with E-state index >= 15 is 0 Å². The van der Waals surface area contributed by atoms with Gasteiger partial charge in [0.05, 0.1) is 19.4 Å². The highest BCUT2D eigenvalue weighted by Crippen LogP contribution is 2.29. The number of carbonyl (C=O) groups excluding carboxylic acids is 1. The van der Waals surface area contributed by atoms with E-state index in [1.54, 1.807) is 37.5 Å². The molecule has 0 aliphatic rings. The van der Waals surface area contributed by atoms with E-state index in [0.29, 0.717) is 24.0 Å². The molecule has 0 aliphatic heterocycles. The van der Waals surface area contributed by atoms with E-state index in [2.05, 4.69) is 19.2 Å². The Morgan fingerprint density at radius 1 is 1.20 bits per heavy atom. The van der Waals surface area contributed by atoms with Crippen LogP contribution < -0.4 is 14.8 Å². The number of ether oxygens (including phenoxy) is 2. The zero-order valence-electron chi connectivity index (χ0n) is 14.6. The average molecular weight is 343 g/mol. The number of amides is 1. The van der Waals surface area contributed by atoms with Gasteiger partial charge in [0.2, 0.25) is 5.91 Å². The first-order chi connectivity index (χ1) is 12.0. The molecule has 0 saturated carbocycles. The molecule has 0 saturated heterocycles. The van der Waals surface area contributed by atoms with E-state index in [9.17, 15) is 9.18 Å². The molecule has 1 amide bonds. The normalized spacial score (nSPS) is 10.9. The first-order valence-corrected chi connectivity index (χ1v) is 8.04. The average Bonchev–Trinajstić information content (AvgIpc) is 2.60. The van der Waals surface area contributed by atoms with Crippen molar-refractivity contribution in [3.05, 3.63) is 59.9 Å². The second-order valence-electron chi connectivity index (χ2n) is 5.92. The summed E-state index contributed by atoms with van der Waals surface area (Å²) in [5.41, 5.74) is 0.921. The minimum absolute atomic E-state index is 0.146. The van der Waals surface area contributed by atoms with Gasteiger partial charge in [0, 0.05) is 6.08 Å². The Labute approximate surface area is 147 Å². The maximum atomic E-state index is 13.5. The summed E-state index contributed by atoms with van der Waals surface area (Å²) in [4.78, 5) is 11.9. The first-order valence-electron chi connectivity index (χ1n) is 8.04. The molecule has 25 heavy (non-hydrogen) atoms. The quantitative estimate of drug-likeness (QED) is 0.752. The lowest BCUT2D eigenvalue weighted by Crippen LogP contribution is -2.09. The molecular weight excluding hydrogens is 321 g/mol. The van der Waals surface area contributed by atoms with E-state index in [-0.39, 0.29) is 5.69 Å². The molecule has 0 unspecified atom stereocenters. The molecule has 2 aromatic rings. The van der Waals surface area contributed by atoms with Crippen LogP contribution in [0.4, 0.5) is 10.1 Å².